The van der Waals surface area contributed by atoms with Crippen LogP contribution in [0.4, 0.5) is 8.78 Å². The number of alkyl halides is 2. The maximum absolute atomic E-state index is 12.5. The van der Waals surface area contributed by atoms with Gasteiger partial charge >= 0.3 is 0 Å². The molecule has 7 heteroatoms. The monoisotopic (exact) mass is 381 g/mol. The van der Waals surface area contributed by atoms with Crippen LogP contribution in [0.25, 0.3) is 0 Å². The number of nitrogens with zero attached hydrogens (tertiary/aromatic N) is 3. The molecule has 1 fully saturated rings. The van der Waals surface area contributed by atoms with Crippen molar-refractivity contribution >= 4 is 11.3 Å². The van der Waals surface area contributed by atoms with Gasteiger partial charge in [0.25, 0.3) is 6.43 Å². The van der Waals surface area contributed by atoms with E-state index in [-0.39, 0.29) is 6.54 Å². The van der Waals surface area contributed by atoms with Crippen LogP contribution >= 0.6 is 11.3 Å². The molecule has 0 bridgehead atoms. The molecule has 2 heterocycles. The zero-order valence-corrected chi connectivity index (χ0v) is 15.9. The third kappa shape index (κ3) is 6.00. The van der Waals surface area contributed by atoms with Crippen LogP contribution in [-0.4, -0.2) is 53.9 Å². The lowest BCUT2D eigenvalue weighted by molar-refractivity contribution is 0.0897. The number of hydrogen-bond acceptors (Lipinski definition) is 5. The molecule has 0 unspecified atom stereocenters. The molecule has 1 aromatic heterocycles. The number of aromatic nitrogens is 1. The summed E-state index contributed by atoms with van der Waals surface area (Å²) in [7, 11) is 0. The van der Waals surface area contributed by atoms with Gasteiger partial charge in [-0.3, -0.25) is 9.80 Å². The van der Waals surface area contributed by atoms with Gasteiger partial charge in [-0.15, -0.1) is 11.3 Å². The van der Waals surface area contributed by atoms with E-state index in [1.807, 2.05) is 29.3 Å². The maximum atomic E-state index is 12.5. The lowest BCUT2D eigenvalue weighted by Crippen LogP contribution is -2.33. The molecule has 0 amide bonds. The van der Waals surface area contributed by atoms with Crippen LogP contribution in [0.3, 0.4) is 0 Å². The summed E-state index contributed by atoms with van der Waals surface area (Å²) in [6.07, 6.45) is -1.32. The highest BCUT2D eigenvalue weighted by Crippen LogP contribution is 2.17. The predicted octanol–water partition coefficient (Wildman–Crippen LogP) is 3.80. The molecule has 4 nitrogen and oxygen atoms in total. The van der Waals surface area contributed by atoms with Gasteiger partial charge in [-0.05, 0) is 44.1 Å². The second-order valence-electron chi connectivity index (χ2n) is 6.61. The van der Waals surface area contributed by atoms with Crippen molar-refractivity contribution in [3.63, 3.8) is 0 Å². The first-order valence-corrected chi connectivity index (χ1v) is 9.82. The van der Waals surface area contributed by atoms with E-state index in [0.717, 1.165) is 49.1 Å². The Labute approximate surface area is 157 Å². The van der Waals surface area contributed by atoms with Gasteiger partial charge in [-0.25, -0.2) is 13.8 Å². The van der Waals surface area contributed by atoms with Gasteiger partial charge in [-0.2, -0.15) is 0 Å². The van der Waals surface area contributed by atoms with Crippen LogP contribution in [0.1, 0.15) is 22.7 Å². The Hall–Kier alpha value is -1.57. The summed E-state index contributed by atoms with van der Waals surface area (Å²) in [5, 5.41) is 3.06. The highest BCUT2D eigenvalue weighted by atomic mass is 32.1. The summed E-state index contributed by atoms with van der Waals surface area (Å²) in [5.41, 5.74) is 2.17. The molecule has 0 atom stereocenters. The number of rotatable bonds is 7. The second kappa shape index (κ2) is 9.39. The van der Waals surface area contributed by atoms with E-state index < -0.39 is 6.43 Å². The molecule has 1 aromatic carbocycles. The highest BCUT2D eigenvalue weighted by Gasteiger charge is 2.17. The van der Waals surface area contributed by atoms with Crippen molar-refractivity contribution in [3.05, 3.63) is 45.9 Å². The Morgan fingerprint density at radius 2 is 1.85 bits per heavy atom. The quantitative estimate of drug-likeness (QED) is 0.729. The highest BCUT2D eigenvalue weighted by molar-refractivity contribution is 7.09. The Kier molecular flexibility index (Phi) is 6.93. The number of ether oxygens (including phenoxy) is 1. The summed E-state index contributed by atoms with van der Waals surface area (Å²) in [4.78, 5) is 8.59. The summed E-state index contributed by atoms with van der Waals surface area (Å²) < 4.78 is 30.8. The van der Waals surface area contributed by atoms with E-state index in [1.165, 1.54) is 5.56 Å². The minimum Gasteiger partial charge on any atom is -0.487 e. The van der Waals surface area contributed by atoms with Crippen LogP contribution < -0.4 is 4.74 Å². The molecule has 26 heavy (non-hydrogen) atoms. The normalized spacial score (nSPS) is 16.8. The molecule has 3 rings (SSSR count). The average molecular weight is 381 g/mol. The van der Waals surface area contributed by atoms with Crippen LogP contribution in [-0.2, 0) is 13.2 Å². The molecule has 0 N–H and O–H groups in total. The SMILES string of the molecule is Cc1nc(COc2ccc(CN3CCCN(CC(F)F)CC3)cc2)cs1. The van der Waals surface area contributed by atoms with Crippen molar-refractivity contribution in [2.45, 2.75) is 32.9 Å². The first kappa shape index (κ1) is 19.2. The van der Waals surface area contributed by atoms with E-state index in [2.05, 4.69) is 22.0 Å². The van der Waals surface area contributed by atoms with Gasteiger partial charge in [-0.1, -0.05) is 12.1 Å². The zero-order chi connectivity index (χ0) is 18.4. The van der Waals surface area contributed by atoms with Crippen LogP contribution in [0.5, 0.6) is 5.75 Å². The van der Waals surface area contributed by atoms with Gasteiger partial charge in [0, 0.05) is 25.0 Å². The van der Waals surface area contributed by atoms with Gasteiger partial charge in [0.15, 0.2) is 0 Å². The Balaban J connectivity index is 1.46. The van der Waals surface area contributed by atoms with Gasteiger partial charge in [0.05, 0.1) is 17.2 Å². The number of thiazole rings is 1. The van der Waals surface area contributed by atoms with E-state index in [0.29, 0.717) is 13.2 Å². The van der Waals surface area contributed by atoms with E-state index in [9.17, 15) is 8.78 Å². The average Bonchev–Trinajstić information content (AvgIpc) is 2.91. The lowest BCUT2D eigenvalue weighted by Gasteiger charge is -2.21. The van der Waals surface area contributed by atoms with Gasteiger partial charge < -0.3 is 4.74 Å². The second-order valence-corrected chi connectivity index (χ2v) is 7.67. The molecule has 0 radical (unpaired) electrons. The predicted molar refractivity (Wildman–Crippen MR) is 100.0 cm³/mol. The van der Waals surface area contributed by atoms with Crippen LogP contribution in [0.15, 0.2) is 29.6 Å². The smallest absolute Gasteiger partial charge is 0.251 e. The zero-order valence-electron chi connectivity index (χ0n) is 15.0. The summed E-state index contributed by atoms with van der Waals surface area (Å²) in [6, 6.07) is 8.11. The minimum atomic E-state index is -2.25. The Morgan fingerprint density at radius 3 is 2.54 bits per heavy atom. The van der Waals surface area contributed by atoms with Gasteiger partial charge in [0.1, 0.15) is 12.4 Å². The third-order valence-corrected chi connectivity index (χ3v) is 5.28. The van der Waals surface area contributed by atoms with Crippen molar-refractivity contribution < 1.29 is 13.5 Å². The molecule has 0 aliphatic carbocycles. The van der Waals surface area contributed by atoms with E-state index in [1.54, 1.807) is 11.3 Å². The van der Waals surface area contributed by atoms with Crippen molar-refractivity contribution in [2.75, 3.05) is 32.7 Å². The standard InChI is InChI=1S/C19H25F2N3OS/c1-15-22-17(14-26-15)13-25-18-5-3-16(4-6-18)11-23-7-2-8-24(10-9-23)12-19(20)21/h3-6,14,19H,2,7-13H2,1H3. The Bertz CT molecular complexity index is 678. The topological polar surface area (TPSA) is 28.6 Å². The molecular formula is C19H25F2N3OS. The largest absolute Gasteiger partial charge is 0.487 e. The van der Waals surface area contributed by atoms with Crippen molar-refractivity contribution in [1.29, 1.82) is 0 Å². The number of aryl methyl sites for hydroxylation is 1. The van der Waals surface area contributed by atoms with E-state index >= 15 is 0 Å². The van der Waals surface area contributed by atoms with Crippen molar-refractivity contribution in [3.8, 4) is 5.75 Å². The number of hydrogen-bond donors (Lipinski definition) is 0. The van der Waals surface area contributed by atoms with Crippen molar-refractivity contribution in [2.24, 2.45) is 0 Å². The molecule has 1 saturated heterocycles. The number of halogens is 2. The maximum Gasteiger partial charge on any atom is 0.251 e. The Morgan fingerprint density at radius 1 is 1.12 bits per heavy atom. The molecule has 0 spiro atoms. The molecule has 1 aliphatic heterocycles. The molecule has 2 aromatic rings. The van der Waals surface area contributed by atoms with Crippen molar-refractivity contribution in [1.82, 2.24) is 14.8 Å². The molecular weight excluding hydrogens is 356 g/mol. The van der Waals surface area contributed by atoms with Gasteiger partial charge in [0.2, 0.25) is 0 Å². The van der Waals surface area contributed by atoms with E-state index in [4.69, 9.17) is 4.74 Å². The number of benzene rings is 1. The van der Waals surface area contributed by atoms with Crippen LogP contribution in [0.2, 0.25) is 0 Å². The fourth-order valence-corrected chi connectivity index (χ4v) is 3.74. The first-order valence-electron chi connectivity index (χ1n) is 8.94. The summed E-state index contributed by atoms with van der Waals surface area (Å²) in [5.74, 6) is 0.832. The first-order chi connectivity index (χ1) is 12.6. The summed E-state index contributed by atoms with van der Waals surface area (Å²) in [6.45, 7) is 6.43. The third-order valence-electron chi connectivity index (χ3n) is 4.46. The minimum absolute atomic E-state index is 0.113. The summed E-state index contributed by atoms with van der Waals surface area (Å²) >= 11 is 1.62. The lowest BCUT2D eigenvalue weighted by atomic mass is 10.2. The van der Waals surface area contributed by atoms with Crippen LogP contribution in [0, 0.1) is 6.92 Å². The molecule has 142 valence electrons. The molecule has 0 saturated carbocycles. The fourth-order valence-electron chi connectivity index (χ4n) is 3.14. The fraction of sp³-hybridized carbons (Fsp3) is 0.526. The molecule has 1 aliphatic rings.